The average Bonchev–Trinajstić information content (AvgIpc) is 3.47. The summed E-state index contributed by atoms with van der Waals surface area (Å²) >= 11 is 2.83. The lowest BCUT2D eigenvalue weighted by molar-refractivity contribution is -0.115. The van der Waals surface area contributed by atoms with Crippen LogP contribution in [-0.4, -0.2) is 30.1 Å². The van der Waals surface area contributed by atoms with Gasteiger partial charge in [0.1, 0.15) is 11.4 Å². The Morgan fingerprint density at radius 1 is 0.872 bits per heavy atom. The van der Waals surface area contributed by atoms with Crippen LogP contribution in [0.4, 0.5) is 11.4 Å². The van der Waals surface area contributed by atoms with E-state index in [1.54, 1.807) is 79.9 Å². The Hall–Kier alpha value is -4.34. The number of nitrogens with one attached hydrogen (secondary N) is 3. The Morgan fingerprint density at radius 3 is 2.33 bits per heavy atom. The first-order valence-electron chi connectivity index (χ1n) is 12.1. The van der Waals surface area contributed by atoms with Gasteiger partial charge in [-0.05, 0) is 79.0 Å². The van der Waals surface area contributed by atoms with Crippen molar-refractivity contribution in [2.75, 3.05) is 17.7 Å². The first-order valence-corrected chi connectivity index (χ1v) is 13.8. The zero-order chi connectivity index (χ0) is 27.6. The van der Waals surface area contributed by atoms with E-state index < -0.39 is 11.2 Å². The maximum atomic E-state index is 13.2. The second-order valence-corrected chi connectivity index (χ2v) is 10.7. The predicted molar refractivity (Wildman–Crippen MR) is 158 cm³/mol. The van der Waals surface area contributed by atoms with Gasteiger partial charge in [0.15, 0.2) is 0 Å². The Kier molecular flexibility index (Phi) is 9.55. The summed E-state index contributed by atoms with van der Waals surface area (Å²) in [6.07, 6.45) is 1.64. The molecule has 0 aliphatic heterocycles. The van der Waals surface area contributed by atoms with Crippen molar-refractivity contribution in [2.24, 2.45) is 0 Å². The van der Waals surface area contributed by atoms with Crippen LogP contribution in [0.2, 0.25) is 0 Å². The third kappa shape index (κ3) is 8.07. The van der Waals surface area contributed by atoms with Gasteiger partial charge in [0.05, 0.1) is 12.4 Å². The fourth-order valence-electron chi connectivity index (χ4n) is 3.48. The van der Waals surface area contributed by atoms with E-state index >= 15 is 0 Å². The van der Waals surface area contributed by atoms with Gasteiger partial charge >= 0.3 is 0 Å². The van der Waals surface area contributed by atoms with Crippen molar-refractivity contribution < 1.29 is 19.1 Å². The van der Waals surface area contributed by atoms with Gasteiger partial charge in [-0.25, -0.2) is 0 Å². The number of hydrogen-bond acceptors (Lipinski definition) is 6. The van der Waals surface area contributed by atoms with E-state index in [0.717, 1.165) is 9.77 Å². The Morgan fingerprint density at radius 2 is 1.64 bits per heavy atom. The van der Waals surface area contributed by atoms with Gasteiger partial charge in [0.2, 0.25) is 5.91 Å². The van der Waals surface area contributed by atoms with E-state index in [9.17, 15) is 14.4 Å². The molecule has 4 aromatic rings. The Balaban J connectivity index is 1.42. The number of ether oxygens (including phenoxy) is 1. The smallest absolute Gasteiger partial charge is 0.272 e. The number of thiophene rings is 1. The van der Waals surface area contributed by atoms with E-state index in [1.165, 1.54) is 23.1 Å². The van der Waals surface area contributed by atoms with Crippen LogP contribution < -0.4 is 20.7 Å². The highest BCUT2D eigenvalue weighted by atomic mass is 32.2. The van der Waals surface area contributed by atoms with Crippen molar-refractivity contribution in [3.05, 3.63) is 113 Å². The summed E-state index contributed by atoms with van der Waals surface area (Å²) in [5, 5.41) is 10.00. The normalized spacial score (nSPS) is 11.8. The molecule has 0 aliphatic rings. The van der Waals surface area contributed by atoms with E-state index in [0.29, 0.717) is 22.7 Å². The lowest BCUT2D eigenvalue weighted by Gasteiger charge is -2.14. The van der Waals surface area contributed by atoms with E-state index in [4.69, 9.17) is 4.74 Å². The largest absolute Gasteiger partial charge is 0.497 e. The molecule has 1 aromatic heterocycles. The first kappa shape index (κ1) is 27.7. The topological polar surface area (TPSA) is 96.5 Å². The SMILES string of the molecule is COc1ccc(NC(=O)C(C)Sc2cccc(NC(=O)/C(=C/c3cccs3)NC(=O)c3ccccc3)c2)cc1. The molecule has 0 spiro atoms. The molecule has 0 radical (unpaired) electrons. The summed E-state index contributed by atoms with van der Waals surface area (Å²) in [7, 11) is 1.59. The molecule has 39 heavy (non-hydrogen) atoms. The highest BCUT2D eigenvalue weighted by molar-refractivity contribution is 8.00. The van der Waals surface area contributed by atoms with E-state index in [-0.39, 0.29) is 17.5 Å². The molecule has 7 nitrogen and oxygen atoms in total. The fraction of sp³-hybridized carbons (Fsp3) is 0.100. The van der Waals surface area contributed by atoms with Gasteiger partial charge in [0.25, 0.3) is 11.8 Å². The number of anilines is 2. The van der Waals surface area contributed by atoms with E-state index in [1.807, 2.05) is 36.6 Å². The number of amides is 3. The molecule has 1 unspecified atom stereocenters. The van der Waals surface area contributed by atoms with E-state index in [2.05, 4.69) is 16.0 Å². The third-order valence-electron chi connectivity index (χ3n) is 5.49. The van der Waals surface area contributed by atoms with Crippen molar-refractivity contribution in [1.29, 1.82) is 0 Å². The molecule has 0 saturated carbocycles. The molecular weight excluding hydrogens is 530 g/mol. The molecular formula is C30H27N3O4S2. The standard InChI is InChI=1S/C30H27N3O4S2/c1-20(28(34)31-22-13-15-24(37-2)16-14-22)39-26-11-6-10-23(18-26)32-30(36)27(19-25-12-7-17-38-25)33-29(35)21-8-4-3-5-9-21/h3-20H,1-2H3,(H,31,34)(H,32,36)(H,33,35)/b27-19-. The van der Waals surface area contributed by atoms with Gasteiger partial charge in [-0.1, -0.05) is 30.3 Å². The van der Waals surface area contributed by atoms with Gasteiger partial charge in [0, 0.05) is 26.7 Å². The molecule has 0 aliphatic carbocycles. The minimum Gasteiger partial charge on any atom is -0.497 e. The summed E-state index contributed by atoms with van der Waals surface area (Å²) in [5.74, 6) is -0.276. The summed E-state index contributed by atoms with van der Waals surface area (Å²) in [6, 6.07) is 26.8. The molecule has 9 heteroatoms. The second kappa shape index (κ2) is 13.5. The molecule has 0 saturated heterocycles. The first-order chi connectivity index (χ1) is 18.9. The van der Waals surface area contributed by atoms with Gasteiger partial charge in [-0.15, -0.1) is 23.1 Å². The molecule has 3 N–H and O–H groups in total. The lowest BCUT2D eigenvalue weighted by atomic mass is 10.2. The van der Waals surface area contributed by atoms with Crippen LogP contribution in [0, 0.1) is 0 Å². The number of thioether (sulfide) groups is 1. The fourth-order valence-corrected chi connectivity index (χ4v) is 5.06. The molecule has 0 bridgehead atoms. The highest BCUT2D eigenvalue weighted by Crippen LogP contribution is 2.27. The minimum atomic E-state index is -0.458. The van der Waals surface area contributed by atoms with Gasteiger partial charge < -0.3 is 20.7 Å². The Labute approximate surface area is 235 Å². The quantitative estimate of drug-likeness (QED) is 0.157. The lowest BCUT2D eigenvalue weighted by Crippen LogP contribution is -2.30. The monoisotopic (exact) mass is 557 g/mol. The number of benzene rings is 3. The third-order valence-corrected chi connectivity index (χ3v) is 7.40. The van der Waals surface area contributed by atoms with Gasteiger partial charge in [-0.2, -0.15) is 0 Å². The van der Waals surface area contributed by atoms with Crippen molar-refractivity contribution in [2.45, 2.75) is 17.1 Å². The van der Waals surface area contributed by atoms with Crippen molar-refractivity contribution >= 4 is 58.3 Å². The maximum absolute atomic E-state index is 13.2. The summed E-state index contributed by atoms with van der Waals surface area (Å²) in [4.78, 5) is 40.3. The summed E-state index contributed by atoms with van der Waals surface area (Å²) < 4.78 is 5.15. The molecule has 3 aromatic carbocycles. The summed E-state index contributed by atoms with van der Waals surface area (Å²) in [5.41, 5.74) is 1.79. The molecule has 1 heterocycles. The zero-order valence-corrected chi connectivity index (χ0v) is 23.0. The molecule has 3 amide bonds. The number of carbonyl (C=O) groups is 3. The van der Waals surface area contributed by atoms with Crippen LogP contribution in [0.5, 0.6) is 5.75 Å². The van der Waals surface area contributed by atoms with Crippen LogP contribution in [0.25, 0.3) is 6.08 Å². The Bertz CT molecular complexity index is 1450. The average molecular weight is 558 g/mol. The van der Waals surface area contributed by atoms with Crippen molar-refractivity contribution in [3.63, 3.8) is 0 Å². The van der Waals surface area contributed by atoms with Crippen molar-refractivity contribution in [1.82, 2.24) is 5.32 Å². The molecule has 4 rings (SSSR count). The number of hydrogen-bond donors (Lipinski definition) is 3. The molecule has 0 fully saturated rings. The van der Waals surface area contributed by atoms with Crippen LogP contribution >= 0.6 is 23.1 Å². The number of rotatable bonds is 10. The van der Waals surface area contributed by atoms with Crippen LogP contribution in [0.1, 0.15) is 22.2 Å². The van der Waals surface area contributed by atoms with Crippen molar-refractivity contribution in [3.8, 4) is 5.75 Å². The van der Waals surface area contributed by atoms with Gasteiger partial charge in [-0.3, -0.25) is 14.4 Å². The second-order valence-electron chi connectivity index (χ2n) is 8.35. The molecule has 1 atom stereocenters. The summed E-state index contributed by atoms with van der Waals surface area (Å²) in [6.45, 7) is 1.82. The molecule has 198 valence electrons. The van der Waals surface area contributed by atoms with Crippen LogP contribution in [0.3, 0.4) is 0 Å². The maximum Gasteiger partial charge on any atom is 0.272 e. The van der Waals surface area contributed by atoms with Crippen LogP contribution in [-0.2, 0) is 9.59 Å². The number of carbonyl (C=O) groups excluding carboxylic acids is 3. The minimum absolute atomic E-state index is 0.122. The van der Waals surface area contributed by atoms with Crippen LogP contribution in [0.15, 0.2) is 107 Å². The predicted octanol–water partition coefficient (Wildman–Crippen LogP) is 6.29. The zero-order valence-electron chi connectivity index (χ0n) is 21.3. The number of methoxy groups -OCH3 is 1. The highest BCUT2D eigenvalue weighted by Gasteiger charge is 2.17.